The van der Waals surface area contributed by atoms with E-state index in [1.807, 2.05) is 57.2 Å². The third-order valence-corrected chi connectivity index (χ3v) is 3.18. The van der Waals surface area contributed by atoms with Crippen LogP contribution in [0.25, 0.3) is 0 Å². The summed E-state index contributed by atoms with van der Waals surface area (Å²) in [6.45, 7) is 6.27. The molecule has 1 N–H and O–H groups in total. The highest BCUT2D eigenvalue weighted by Gasteiger charge is 2.17. The molecule has 0 saturated carbocycles. The normalized spacial score (nSPS) is 11.0. The van der Waals surface area contributed by atoms with Gasteiger partial charge in [-0.05, 0) is 62.7 Å². The number of methoxy groups -OCH3 is 1. The van der Waals surface area contributed by atoms with Gasteiger partial charge in [0.1, 0.15) is 11.4 Å². The van der Waals surface area contributed by atoms with E-state index in [1.165, 1.54) is 0 Å². The molecule has 0 aliphatic heterocycles. The molecular weight excluding hydrogens is 290 g/mol. The van der Waals surface area contributed by atoms with Crippen molar-refractivity contribution in [1.29, 1.82) is 0 Å². The van der Waals surface area contributed by atoms with Crippen LogP contribution in [0.15, 0.2) is 48.5 Å². The average molecular weight is 313 g/mol. The Hall–Kier alpha value is -2.49. The molecular formula is C19H23NO3. The molecule has 2 aromatic rings. The van der Waals surface area contributed by atoms with Crippen LogP contribution in [0.5, 0.6) is 5.75 Å². The quantitative estimate of drug-likeness (QED) is 0.838. The summed E-state index contributed by atoms with van der Waals surface area (Å²) in [5.41, 5.74) is 2.17. The Morgan fingerprint density at radius 2 is 1.61 bits per heavy atom. The highest BCUT2D eigenvalue weighted by atomic mass is 16.6. The van der Waals surface area contributed by atoms with Gasteiger partial charge in [-0.3, -0.25) is 0 Å². The first-order valence-electron chi connectivity index (χ1n) is 7.57. The third kappa shape index (κ3) is 5.33. The SMILES string of the molecule is COc1ccc(CNc2ccc(C(=O)OC(C)(C)C)cc2)cc1. The predicted octanol–water partition coefficient (Wildman–Crippen LogP) is 4.26. The second-order valence-corrected chi connectivity index (χ2v) is 6.28. The molecule has 0 aromatic heterocycles. The van der Waals surface area contributed by atoms with E-state index in [0.717, 1.165) is 17.0 Å². The van der Waals surface area contributed by atoms with Crippen LogP contribution in [0.1, 0.15) is 36.7 Å². The first-order valence-corrected chi connectivity index (χ1v) is 7.57. The summed E-state index contributed by atoms with van der Waals surface area (Å²) in [5.74, 6) is 0.537. The highest BCUT2D eigenvalue weighted by Crippen LogP contribution is 2.16. The van der Waals surface area contributed by atoms with E-state index < -0.39 is 5.60 Å². The lowest BCUT2D eigenvalue weighted by Gasteiger charge is -2.19. The van der Waals surface area contributed by atoms with Crippen LogP contribution in [0.4, 0.5) is 5.69 Å². The fourth-order valence-electron chi connectivity index (χ4n) is 2.01. The summed E-state index contributed by atoms with van der Waals surface area (Å²) in [7, 11) is 1.65. The summed E-state index contributed by atoms with van der Waals surface area (Å²) >= 11 is 0. The van der Waals surface area contributed by atoms with Gasteiger partial charge in [-0.1, -0.05) is 12.1 Å². The summed E-state index contributed by atoms with van der Waals surface area (Å²) in [5, 5.41) is 3.32. The Balaban J connectivity index is 1.93. The molecule has 4 heteroatoms. The van der Waals surface area contributed by atoms with Crippen molar-refractivity contribution in [3.8, 4) is 5.75 Å². The van der Waals surface area contributed by atoms with Crippen molar-refractivity contribution in [1.82, 2.24) is 0 Å². The van der Waals surface area contributed by atoms with Crippen LogP contribution in [-0.2, 0) is 11.3 Å². The van der Waals surface area contributed by atoms with Crippen molar-refractivity contribution in [3.63, 3.8) is 0 Å². The molecule has 0 spiro atoms. The Labute approximate surface area is 137 Å². The number of anilines is 1. The number of benzene rings is 2. The zero-order valence-electron chi connectivity index (χ0n) is 14.1. The molecule has 4 nitrogen and oxygen atoms in total. The zero-order chi connectivity index (χ0) is 16.9. The molecule has 0 aliphatic rings. The lowest BCUT2D eigenvalue weighted by molar-refractivity contribution is 0.00696. The van der Waals surface area contributed by atoms with Crippen molar-refractivity contribution in [2.75, 3.05) is 12.4 Å². The van der Waals surface area contributed by atoms with Crippen LogP contribution in [0.3, 0.4) is 0 Å². The lowest BCUT2D eigenvalue weighted by Crippen LogP contribution is -2.23. The minimum Gasteiger partial charge on any atom is -0.497 e. The van der Waals surface area contributed by atoms with Crippen LogP contribution < -0.4 is 10.1 Å². The van der Waals surface area contributed by atoms with E-state index in [9.17, 15) is 4.79 Å². The molecule has 122 valence electrons. The third-order valence-electron chi connectivity index (χ3n) is 3.18. The Morgan fingerprint density at radius 1 is 1.00 bits per heavy atom. The highest BCUT2D eigenvalue weighted by molar-refractivity contribution is 5.90. The molecule has 0 amide bonds. The summed E-state index contributed by atoms with van der Waals surface area (Å²) in [6, 6.07) is 15.2. The number of nitrogens with one attached hydrogen (secondary N) is 1. The van der Waals surface area contributed by atoms with Gasteiger partial charge in [-0.2, -0.15) is 0 Å². The van der Waals surface area contributed by atoms with E-state index >= 15 is 0 Å². The minimum absolute atomic E-state index is 0.306. The number of hydrogen-bond acceptors (Lipinski definition) is 4. The molecule has 23 heavy (non-hydrogen) atoms. The maximum Gasteiger partial charge on any atom is 0.338 e. The lowest BCUT2D eigenvalue weighted by atomic mass is 10.1. The van der Waals surface area contributed by atoms with Gasteiger partial charge in [0.05, 0.1) is 12.7 Å². The Kier molecular flexibility index (Phi) is 5.27. The van der Waals surface area contributed by atoms with E-state index in [1.54, 1.807) is 19.2 Å². The van der Waals surface area contributed by atoms with Crippen molar-refractivity contribution in [2.24, 2.45) is 0 Å². The summed E-state index contributed by atoms with van der Waals surface area (Å²) in [6.07, 6.45) is 0. The molecule has 0 heterocycles. The first-order chi connectivity index (χ1) is 10.9. The van der Waals surface area contributed by atoms with E-state index in [0.29, 0.717) is 12.1 Å². The second-order valence-electron chi connectivity index (χ2n) is 6.28. The van der Waals surface area contributed by atoms with Gasteiger partial charge in [-0.15, -0.1) is 0 Å². The van der Waals surface area contributed by atoms with Gasteiger partial charge in [0.2, 0.25) is 0 Å². The average Bonchev–Trinajstić information content (AvgIpc) is 2.52. The topological polar surface area (TPSA) is 47.6 Å². The van der Waals surface area contributed by atoms with Gasteiger partial charge in [0.25, 0.3) is 0 Å². The number of carbonyl (C=O) groups excluding carboxylic acids is 1. The molecule has 0 radical (unpaired) electrons. The standard InChI is InChI=1S/C19H23NO3/c1-19(2,3)23-18(21)15-7-9-16(10-8-15)20-13-14-5-11-17(22-4)12-6-14/h5-12,20H,13H2,1-4H3. The van der Waals surface area contributed by atoms with Crippen LogP contribution >= 0.6 is 0 Å². The molecule has 0 atom stereocenters. The van der Waals surface area contributed by atoms with Crippen molar-refractivity contribution in [2.45, 2.75) is 32.9 Å². The fraction of sp³-hybridized carbons (Fsp3) is 0.316. The van der Waals surface area contributed by atoms with Crippen LogP contribution in [-0.4, -0.2) is 18.7 Å². The molecule has 2 rings (SSSR count). The molecule has 0 aliphatic carbocycles. The largest absolute Gasteiger partial charge is 0.497 e. The van der Waals surface area contributed by atoms with Gasteiger partial charge in [0, 0.05) is 12.2 Å². The van der Waals surface area contributed by atoms with E-state index in [-0.39, 0.29) is 5.97 Å². The number of esters is 1. The van der Waals surface area contributed by atoms with Crippen LogP contribution in [0, 0.1) is 0 Å². The number of ether oxygens (including phenoxy) is 2. The van der Waals surface area contributed by atoms with E-state index in [2.05, 4.69) is 5.32 Å². The fourth-order valence-corrected chi connectivity index (χ4v) is 2.01. The maximum atomic E-state index is 12.0. The van der Waals surface area contributed by atoms with Gasteiger partial charge in [-0.25, -0.2) is 4.79 Å². The van der Waals surface area contributed by atoms with Crippen LogP contribution in [0.2, 0.25) is 0 Å². The molecule has 0 bridgehead atoms. The van der Waals surface area contributed by atoms with Gasteiger partial charge >= 0.3 is 5.97 Å². The molecule has 0 unspecified atom stereocenters. The maximum absolute atomic E-state index is 12.0. The Bertz CT molecular complexity index is 640. The molecule has 0 fully saturated rings. The molecule has 2 aromatic carbocycles. The predicted molar refractivity (Wildman–Crippen MR) is 91.9 cm³/mol. The summed E-state index contributed by atoms with van der Waals surface area (Å²) < 4.78 is 10.5. The number of rotatable bonds is 5. The van der Waals surface area contributed by atoms with E-state index in [4.69, 9.17) is 9.47 Å². The van der Waals surface area contributed by atoms with Gasteiger partial charge < -0.3 is 14.8 Å². The monoisotopic (exact) mass is 313 g/mol. The van der Waals surface area contributed by atoms with Crippen molar-refractivity contribution >= 4 is 11.7 Å². The first kappa shape index (κ1) is 16.9. The minimum atomic E-state index is -0.484. The van der Waals surface area contributed by atoms with Crippen molar-refractivity contribution < 1.29 is 14.3 Å². The smallest absolute Gasteiger partial charge is 0.338 e. The number of hydrogen-bond donors (Lipinski definition) is 1. The van der Waals surface area contributed by atoms with Gasteiger partial charge in [0.15, 0.2) is 0 Å². The summed E-state index contributed by atoms with van der Waals surface area (Å²) in [4.78, 5) is 12.0. The number of carbonyl (C=O) groups is 1. The van der Waals surface area contributed by atoms with Crippen molar-refractivity contribution in [3.05, 3.63) is 59.7 Å². The molecule has 0 saturated heterocycles. The second kappa shape index (κ2) is 7.18. The Morgan fingerprint density at radius 3 is 2.13 bits per heavy atom. The zero-order valence-corrected chi connectivity index (χ0v) is 14.1.